The predicted octanol–water partition coefficient (Wildman–Crippen LogP) is 5.07. The lowest BCUT2D eigenvalue weighted by atomic mass is 9.98. The van der Waals surface area contributed by atoms with E-state index < -0.39 is 0 Å². The van der Waals surface area contributed by atoms with Gasteiger partial charge in [0, 0.05) is 0 Å². The predicted molar refractivity (Wildman–Crippen MR) is 73.0 cm³/mol. The lowest BCUT2D eigenvalue weighted by molar-refractivity contribution is 0.716. The first-order valence-electron chi connectivity index (χ1n) is 6.86. The molecule has 0 aliphatic rings. The number of benzene rings is 1. The fourth-order valence-electron chi connectivity index (χ4n) is 2.14. The van der Waals surface area contributed by atoms with Crippen LogP contribution in [0.15, 0.2) is 18.2 Å². The van der Waals surface area contributed by atoms with Gasteiger partial charge in [0.15, 0.2) is 0 Å². The van der Waals surface area contributed by atoms with Crippen molar-refractivity contribution in [3.63, 3.8) is 0 Å². The van der Waals surface area contributed by atoms with Gasteiger partial charge in [-0.05, 0) is 49.3 Å². The van der Waals surface area contributed by atoms with Crippen LogP contribution in [-0.4, -0.2) is 0 Å². The number of hydrogen-bond donors (Lipinski definition) is 0. The van der Waals surface area contributed by atoms with E-state index in [2.05, 4.69) is 39.0 Å². The highest BCUT2D eigenvalue weighted by Crippen LogP contribution is 2.15. The maximum atomic E-state index is 2.39. The minimum Gasteiger partial charge on any atom is -0.0654 e. The molecular formula is C16H26. The van der Waals surface area contributed by atoms with Gasteiger partial charge in [-0.1, -0.05) is 51.3 Å². The molecule has 0 heterocycles. The third kappa shape index (κ3) is 4.38. The molecule has 0 heteroatoms. The molecule has 0 spiro atoms. The van der Waals surface area contributed by atoms with Crippen molar-refractivity contribution in [2.75, 3.05) is 0 Å². The second-order valence-corrected chi connectivity index (χ2v) is 4.82. The highest BCUT2D eigenvalue weighted by Gasteiger charge is 2.00. The highest BCUT2D eigenvalue weighted by atomic mass is 14.1. The maximum absolute atomic E-state index is 2.39. The topological polar surface area (TPSA) is 0 Å². The Hall–Kier alpha value is -0.780. The molecule has 0 bridgehead atoms. The smallest absolute Gasteiger partial charge is 0.0276 e. The van der Waals surface area contributed by atoms with Gasteiger partial charge in [-0.25, -0.2) is 0 Å². The minimum atomic E-state index is 1.25. The summed E-state index contributed by atoms with van der Waals surface area (Å²) in [4.78, 5) is 0. The number of rotatable bonds is 7. The van der Waals surface area contributed by atoms with Crippen LogP contribution in [0.4, 0.5) is 0 Å². The van der Waals surface area contributed by atoms with Crippen molar-refractivity contribution in [2.45, 2.75) is 65.7 Å². The van der Waals surface area contributed by atoms with Crippen molar-refractivity contribution < 1.29 is 0 Å². The van der Waals surface area contributed by atoms with Crippen molar-refractivity contribution in [3.05, 3.63) is 34.9 Å². The third-order valence-electron chi connectivity index (χ3n) is 3.28. The summed E-state index contributed by atoms with van der Waals surface area (Å²) < 4.78 is 0. The van der Waals surface area contributed by atoms with Crippen LogP contribution in [0.1, 0.15) is 62.6 Å². The molecule has 0 unspecified atom stereocenters. The first-order chi connectivity index (χ1) is 7.77. The Labute approximate surface area is 101 Å². The van der Waals surface area contributed by atoms with Gasteiger partial charge in [0.2, 0.25) is 0 Å². The monoisotopic (exact) mass is 218 g/mol. The van der Waals surface area contributed by atoms with Crippen LogP contribution >= 0.6 is 0 Å². The van der Waals surface area contributed by atoms with E-state index in [1.165, 1.54) is 56.1 Å². The normalized spacial score (nSPS) is 10.7. The Morgan fingerprint density at radius 3 is 2.25 bits per heavy atom. The molecule has 0 aliphatic heterocycles. The third-order valence-corrected chi connectivity index (χ3v) is 3.28. The molecule has 1 aromatic carbocycles. The van der Waals surface area contributed by atoms with E-state index in [-0.39, 0.29) is 0 Å². The molecule has 0 fully saturated rings. The molecular weight excluding hydrogens is 192 g/mol. The molecule has 0 aromatic heterocycles. The Kier molecular flexibility index (Phi) is 6.22. The van der Waals surface area contributed by atoms with Gasteiger partial charge in [-0.2, -0.15) is 0 Å². The zero-order valence-electron chi connectivity index (χ0n) is 11.2. The molecule has 0 amide bonds. The lowest BCUT2D eigenvalue weighted by Crippen LogP contribution is -1.93. The Bertz CT molecular complexity index is 299. The number of hydrogen-bond acceptors (Lipinski definition) is 0. The molecule has 0 N–H and O–H groups in total. The Balaban J connectivity index is 2.53. The summed E-state index contributed by atoms with van der Waals surface area (Å²) in [5.41, 5.74) is 4.55. The molecule has 0 saturated heterocycles. The van der Waals surface area contributed by atoms with E-state index in [0.29, 0.717) is 0 Å². The van der Waals surface area contributed by atoms with E-state index in [9.17, 15) is 0 Å². The van der Waals surface area contributed by atoms with Crippen LogP contribution in [0.25, 0.3) is 0 Å². The Morgan fingerprint density at radius 1 is 0.875 bits per heavy atom. The van der Waals surface area contributed by atoms with Gasteiger partial charge in [0.1, 0.15) is 0 Å². The molecule has 1 aromatic rings. The van der Waals surface area contributed by atoms with Crippen LogP contribution < -0.4 is 0 Å². The quantitative estimate of drug-likeness (QED) is 0.560. The summed E-state index contributed by atoms with van der Waals surface area (Å²) in [7, 11) is 0. The van der Waals surface area contributed by atoms with Gasteiger partial charge in [-0.15, -0.1) is 0 Å². The highest BCUT2D eigenvalue weighted by molar-refractivity contribution is 5.31. The van der Waals surface area contributed by atoms with Crippen LogP contribution in [0.2, 0.25) is 0 Å². The fraction of sp³-hybridized carbons (Fsp3) is 0.625. The molecule has 0 radical (unpaired) electrons. The molecule has 0 saturated carbocycles. The van der Waals surface area contributed by atoms with Crippen molar-refractivity contribution in [1.82, 2.24) is 0 Å². The molecule has 16 heavy (non-hydrogen) atoms. The van der Waals surface area contributed by atoms with Crippen molar-refractivity contribution >= 4 is 0 Å². The molecule has 90 valence electrons. The van der Waals surface area contributed by atoms with Gasteiger partial charge in [0.05, 0.1) is 0 Å². The number of aryl methyl sites for hydroxylation is 3. The van der Waals surface area contributed by atoms with E-state index in [1.54, 1.807) is 5.56 Å². The van der Waals surface area contributed by atoms with Crippen molar-refractivity contribution in [3.8, 4) is 0 Å². The molecule has 0 aliphatic carbocycles. The van der Waals surface area contributed by atoms with Crippen LogP contribution in [0.3, 0.4) is 0 Å². The van der Waals surface area contributed by atoms with Crippen molar-refractivity contribution in [2.24, 2.45) is 0 Å². The Morgan fingerprint density at radius 2 is 1.62 bits per heavy atom. The summed E-state index contributed by atoms with van der Waals surface area (Å²) in [5.74, 6) is 0. The first kappa shape index (κ1) is 13.3. The summed E-state index contributed by atoms with van der Waals surface area (Å²) in [6.45, 7) is 6.78. The second-order valence-electron chi connectivity index (χ2n) is 4.82. The zero-order valence-corrected chi connectivity index (χ0v) is 11.2. The largest absolute Gasteiger partial charge is 0.0654 e. The second kappa shape index (κ2) is 7.49. The lowest BCUT2D eigenvalue weighted by Gasteiger charge is -2.08. The van der Waals surface area contributed by atoms with E-state index >= 15 is 0 Å². The summed E-state index contributed by atoms with van der Waals surface area (Å²) in [6, 6.07) is 7.06. The first-order valence-corrected chi connectivity index (χ1v) is 6.86. The minimum absolute atomic E-state index is 1.25. The van der Waals surface area contributed by atoms with Gasteiger partial charge in [0.25, 0.3) is 0 Å². The van der Waals surface area contributed by atoms with E-state index in [0.717, 1.165) is 0 Å². The SMILES string of the molecule is CCCCCc1ccc(CCCC)c(C)c1. The summed E-state index contributed by atoms with van der Waals surface area (Å²) in [6.07, 6.45) is 9.11. The van der Waals surface area contributed by atoms with Gasteiger partial charge in [-0.3, -0.25) is 0 Å². The summed E-state index contributed by atoms with van der Waals surface area (Å²) in [5, 5.41) is 0. The average molecular weight is 218 g/mol. The molecule has 1 rings (SSSR count). The summed E-state index contributed by atoms with van der Waals surface area (Å²) >= 11 is 0. The number of unbranched alkanes of at least 4 members (excludes halogenated alkanes) is 3. The molecule has 0 atom stereocenters. The van der Waals surface area contributed by atoms with Crippen LogP contribution in [-0.2, 0) is 12.8 Å². The van der Waals surface area contributed by atoms with E-state index in [4.69, 9.17) is 0 Å². The van der Waals surface area contributed by atoms with Gasteiger partial charge >= 0.3 is 0 Å². The van der Waals surface area contributed by atoms with Crippen molar-refractivity contribution in [1.29, 1.82) is 0 Å². The fourth-order valence-corrected chi connectivity index (χ4v) is 2.14. The van der Waals surface area contributed by atoms with Crippen LogP contribution in [0, 0.1) is 6.92 Å². The van der Waals surface area contributed by atoms with Crippen LogP contribution in [0.5, 0.6) is 0 Å². The van der Waals surface area contributed by atoms with E-state index in [1.807, 2.05) is 0 Å². The standard InChI is InChI=1S/C16H26/c1-4-6-8-9-15-11-12-16(10-7-5-2)14(3)13-15/h11-13H,4-10H2,1-3H3. The zero-order chi connectivity index (χ0) is 11.8. The average Bonchev–Trinajstić information content (AvgIpc) is 2.28. The molecule has 0 nitrogen and oxygen atoms in total. The maximum Gasteiger partial charge on any atom is -0.0276 e. The van der Waals surface area contributed by atoms with Gasteiger partial charge < -0.3 is 0 Å².